The fourth-order valence-corrected chi connectivity index (χ4v) is 1.22. The molecule has 1 atom stereocenters. The van der Waals surface area contributed by atoms with Gasteiger partial charge in [-0.15, -0.1) is 0 Å². The fraction of sp³-hybridized carbons (Fsp3) is 0.889. The molecule has 0 amide bonds. The molecule has 70 valence electrons. The molecule has 1 N–H and O–H groups in total. The summed E-state index contributed by atoms with van der Waals surface area (Å²) < 4.78 is 0. The number of ketones is 1. The maximum absolute atomic E-state index is 11.1. The van der Waals surface area contributed by atoms with E-state index < -0.39 is 0 Å². The van der Waals surface area contributed by atoms with E-state index in [4.69, 9.17) is 4.84 Å². The first kappa shape index (κ1) is 9.68. The van der Waals surface area contributed by atoms with Crippen LogP contribution in [-0.4, -0.2) is 18.4 Å². The summed E-state index contributed by atoms with van der Waals surface area (Å²) in [7, 11) is 0. The third kappa shape index (κ3) is 2.91. The summed E-state index contributed by atoms with van der Waals surface area (Å²) in [6, 6.07) is 0. The van der Waals surface area contributed by atoms with E-state index in [-0.39, 0.29) is 11.9 Å². The lowest BCUT2D eigenvalue weighted by Crippen LogP contribution is -2.29. The predicted molar refractivity (Wildman–Crippen MR) is 46.6 cm³/mol. The smallest absolute Gasteiger partial charge is 0.163 e. The van der Waals surface area contributed by atoms with Crippen LogP contribution >= 0.6 is 0 Å². The van der Waals surface area contributed by atoms with Crippen LogP contribution in [0.5, 0.6) is 0 Å². The first-order chi connectivity index (χ1) is 5.70. The molecule has 0 aromatic heterocycles. The SMILES string of the molecule is CC(C)CNOC1CCCC1=O. The Morgan fingerprint density at radius 2 is 2.42 bits per heavy atom. The average molecular weight is 171 g/mol. The van der Waals surface area contributed by atoms with Gasteiger partial charge in [0.15, 0.2) is 5.78 Å². The third-order valence-electron chi connectivity index (χ3n) is 1.97. The number of rotatable bonds is 4. The van der Waals surface area contributed by atoms with Gasteiger partial charge in [-0.25, -0.2) is 5.48 Å². The van der Waals surface area contributed by atoms with E-state index in [1.807, 2.05) is 0 Å². The first-order valence-electron chi connectivity index (χ1n) is 4.61. The van der Waals surface area contributed by atoms with Crippen LogP contribution in [0.3, 0.4) is 0 Å². The number of carbonyl (C=O) groups excluding carboxylic acids is 1. The van der Waals surface area contributed by atoms with Crippen molar-refractivity contribution in [1.82, 2.24) is 5.48 Å². The van der Waals surface area contributed by atoms with Crippen molar-refractivity contribution >= 4 is 5.78 Å². The molecule has 3 nitrogen and oxygen atoms in total. The van der Waals surface area contributed by atoms with Crippen LogP contribution in [-0.2, 0) is 9.63 Å². The van der Waals surface area contributed by atoms with E-state index in [2.05, 4.69) is 19.3 Å². The Kier molecular flexibility index (Phi) is 3.69. The molecule has 0 radical (unpaired) electrons. The Hall–Kier alpha value is -0.410. The highest BCUT2D eigenvalue weighted by molar-refractivity contribution is 5.84. The molecule has 12 heavy (non-hydrogen) atoms. The molecule has 0 saturated heterocycles. The molecule has 0 spiro atoms. The average Bonchev–Trinajstić information content (AvgIpc) is 2.36. The van der Waals surface area contributed by atoms with Crippen LogP contribution < -0.4 is 5.48 Å². The van der Waals surface area contributed by atoms with Gasteiger partial charge in [-0.05, 0) is 18.8 Å². The molecular formula is C9H17NO2. The number of nitrogens with one attached hydrogen (secondary N) is 1. The predicted octanol–water partition coefficient (Wildman–Crippen LogP) is 1.29. The van der Waals surface area contributed by atoms with E-state index in [0.717, 1.165) is 19.4 Å². The number of hydroxylamine groups is 1. The minimum Gasteiger partial charge on any atom is -0.297 e. The number of hydrogen-bond acceptors (Lipinski definition) is 3. The Balaban J connectivity index is 2.10. The Labute approximate surface area is 73.4 Å². The van der Waals surface area contributed by atoms with Gasteiger partial charge in [0.05, 0.1) is 0 Å². The van der Waals surface area contributed by atoms with Gasteiger partial charge in [0.25, 0.3) is 0 Å². The van der Waals surface area contributed by atoms with Crippen molar-refractivity contribution in [3.05, 3.63) is 0 Å². The summed E-state index contributed by atoms with van der Waals surface area (Å²) in [5, 5.41) is 0. The summed E-state index contributed by atoms with van der Waals surface area (Å²) in [5.74, 6) is 0.799. The summed E-state index contributed by atoms with van der Waals surface area (Å²) in [6.45, 7) is 5.02. The van der Waals surface area contributed by atoms with Crippen LogP contribution in [0.15, 0.2) is 0 Å². The fourth-order valence-electron chi connectivity index (χ4n) is 1.22. The van der Waals surface area contributed by atoms with Crippen LogP contribution in [0.1, 0.15) is 33.1 Å². The molecule has 1 aliphatic carbocycles. The lowest BCUT2D eigenvalue weighted by molar-refractivity contribution is -0.132. The number of carbonyl (C=O) groups is 1. The molecule has 1 aliphatic rings. The van der Waals surface area contributed by atoms with Gasteiger partial charge < -0.3 is 0 Å². The van der Waals surface area contributed by atoms with E-state index in [0.29, 0.717) is 12.3 Å². The molecule has 1 rings (SSSR count). The number of hydrogen-bond donors (Lipinski definition) is 1. The standard InChI is InChI=1S/C9H17NO2/c1-7(2)6-10-12-9-5-3-4-8(9)11/h7,9-10H,3-6H2,1-2H3. The molecule has 0 aromatic rings. The van der Waals surface area contributed by atoms with Crippen LogP contribution in [0, 0.1) is 5.92 Å². The molecule has 3 heteroatoms. The Morgan fingerprint density at radius 3 is 2.92 bits per heavy atom. The van der Waals surface area contributed by atoms with E-state index in [9.17, 15) is 4.79 Å². The van der Waals surface area contributed by atoms with Crippen molar-refractivity contribution in [2.75, 3.05) is 6.54 Å². The second-order valence-electron chi connectivity index (χ2n) is 3.71. The second kappa shape index (κ2) is 4.58. The number of Topliss-reactive ketones (excluding diaryl/α,β-unsaturated/α-hetero) is 1. The molecule has 0 aliphatic heterocycles. The van der Waals surface area contributed by atoms with Crippen molar-refractivity contribution < 1.29 is 9.63 Å². The zero-order valence-corrected chi connectivity index (χ0v) is 7.80. The largest absolute Gasteiger partial charge is 0.297 e. The van der Waals surface area contributed by atoms with Crippen molar-refractivity contribution in [3.8, 4) is 0 Å². The molecule has 0 aromatic carbocycles. The van der Waals surface area contributed by atoms with Crippen molar-refractivity contribution in [2.24, 2.45) is 5.92 Å². The maximum atomic E-state index is 11.1. The maximum Gasteiger partial charge on any atom is 0.163 e. The normalized spacial score (nSPS) is 23.9. The topological polar surface area (TPSA) is 38.3 Å². The monoisotopic (exact) mass is 171 g/mol. The van der Waals surface area contributed by atoms with Crippen molar-refractivity contribution in [3.63, 3.8) is 0 Å². The van der Waals surface area contributed by atoms with Gasteiger partial charge in [0.1, 0.15) is 6.10 Å². The molecule has 0 bridgehead atoms. The lowest BCUT2D eigenvalue weighted by Gasteiger charge is -2.11. The van der Waals surface area contributed by atoms with Crippen molar-refractivity contribution in [1.29, 1.82) is 0 Å². The first-order valence-corrected chi connectivity index (χ1v) is 4.61. The summed E-state index contributed by atoms with van der Waals surface area (Å²) in [4.78, 5) is 16.3. The van der Waals surface area contributed by atoms with Gasteiger partial charge in [0.2, 0.25) is 0 Å². The lowest BCUT2D eigenvalue weighted by atomic mass is 10.2. The molecular weight excluding hydrogens is 154 g/mol. The summed E-state index contributed by atoms with van der Waals surface area (Å²) in [6.07, 6.45) is 2.37. The highest BCUT2D eigenvalue weighted by Gasteiger charge is 2.25. The zero-order valence-electron chi connectivity index (χ0n) is 7.80. The van der Waals surface area contributed by atoms with Crippen LogP contribution in [0.2, 0.25) is 0 Å². The molecule has 0 heterocycles. The summed E-state index contributed by atoms with van der Waals surface area (Å²) >= 11 is 0. The van der Waals surface area contributed by atoms with Gasteiger partial charge in [-0.1, -0.05) is 13.8 Å². The highest BCUT2D eigenvalue weighted by Crippen LogP contribution is 2.16. The third-order valence-corrected chi connectivity index (χ3v) is 1.97. The molecule has 1 saturated carbocycles. The Bertz CT molecular complexity index is 157. The van der Waals surface area contributed by atoms with E-state index in [1.165, 1.54) is 0 Å². The second-order valence-corrected chi connectivity index (χ2v) is 3.71. The summed E-state index contributed by atoms with van der Waals surface area (Å²) in [5.41, 5.74) is 2.84. The molecule has 1 fully saturated rings. The van der Waals surface area contributed by atoms with E-state index in [1.54, 1.807) is 0 Å². The van der Waals surface area contributed by atoms with Gasteiger partial charge >= 0.3 is 0 Å². The quantitative estimate of drug-likeness (QED) is 0.648. The van der Waals surface area contributed by atoms with Gasteiger partial charge in [0, 0.05) is 13.0 Å². The van der Waals surface area contributed by atoms with Gasteiger partial charge in [-0.3, -0.25) is 9.63 Å². The zero-order chi connectivity index (χ0) is 8.97. The highest BCUT2D eigenvalue weighted by atomic mass is 16.7. The minimum atomic E-state index is -0.177. The Morgan fingerprint density at radius 1 is 1.67 bits per heavy atom. The van der Waals surface area contributed by atoms with E-state index >= 15 is 0 Å². The van der Waals surface area contributed by atoms with Crippen LogP contribution in [0.4, 0.5) is 0 Å². The van der Waals surface area contributed by atoms with Crippen LogP contribution in [0.25, 0.3) is 0 Å². The molecule has 1 unspecified atom stereocenters. The van der Waals surface area contributed by atoms with Crippen molar-refractivity contribution in [2.45, 2.75) is 39.2 Å². The minimum absolute atomic E-state index is 0.177. The van der Waals surface area contributed by atoms with Gasteiger partial charge in [-0.2, -0.15) is 0 Å².